The molecule has 0 radical (unpaired) electrons. The highest BCUT2D eigenvalue weighted by Crippen LogP contribution is 2.37. The summed E-state index contributed by atoms with van der Waals surface area (Å²) in [6.07, 6.45) is -3.08. The highest BCUT2D eigenvalue weighted by Gasteiger charge is 2.33. The van der Waals surface area contributed by atoms with Gasteiger partial charge in [0, 0.05) is 6.08 Å². The van der Waals surface area contributed by atoms with Gasteiger partial charge < -0.3 is 9.73 Å². The molecule has 1 N–H and O–H groups in total. The molecular formula is C15H7BrClF3N2O2S. The Labute approximate surface area is 157 Å². The normalized spacial score (nSPS) is 18.2. The Morgan fingerprint density at radius 3 is 2.68 bits per heavy atom. The molecule has 1 aromatic carbocycles. The number of rotatable bonds is 2. The Kier molecular flexibility index (Phi) is 4.99. The Balaban J connectivity index is 1.86. The third kappa shape index (κ3) is 4.28. The number of carbonyl (C=O) groups is 1. The highest BCUT2D eigenvalue weighted by atomic mass is 79.9. The van der Waals surface area contributed by atoms with Crippen LogP contribution in [-0.4, -0.2) is 11.1 Å². The van der Waals surface area contributed by atoms with Gasteiger partial charge in [-0.2, -0.15) is 13.2 Å². The number of hydrogen-bond acceptors (Lipinski definition) is 4. The minimum absolute atomic E-state index is 0.0292. The SMILES string of the molecule is O=C1NC(=Nc2ccc(Cl)c(C(F)(F)F)c2)SC1=Cc1ccc(Br)o1. The molecule has 0 saturated carbocycles. The molecule has 0 bridgehead atoms. The smallest absolute Gasteiger partial charge is 0.417 e. The van der Waals surface area contributed by atoms with Gasteiger partial charge >= 0.3 is 6.18 Å². The van der Waals surface area contributed by atoms with E-state index >= 15 is 0 Å². The molecule has 0 spiro atoms. The summed E-state index contributed by atoms with van der Waals surface area (Å²) in [4.78, 5) is 16.3. The van der Waals surface area contributed by atoms with E-state index in [9.17, 15) is 18.0 Å². The van der Waals surface area contributed by atoms with Gasteiger partial charge in [0.1, 0.15) is 5.76 Å². The number of hydrogen-bond donors (Lipinski definition) is 1. The first-order valence-corrected chi connectivity index (χ1v) is 8.63. The fourth-order valence-corrected chi connectivity index (χ4v) is 3.30. The van der Waals surface area contributed by atoms with Gasteiger partial charge in [0.2, 0.25) is 0 Å². The Morgan fingerprint density at radius 1 is 1.28 bits per heavy atom. The van der Waals surface area contributed by atoms with Crippen LogP contribution in [0.15, 0.2) is 49.3 Å². The van der Waals surface area contributed by atoms with E-state index in [-0.39, 0.29) is 10.9 Å². The lowest BCUT2D eigenvalue weighted by atomic mass is 10.2. The lowest BCUT2D eigenvalue weighted by Crippen LogP contribution is -2.19. The minimum atomic E-state index is -4.59. The Hall–Kier alpha value is -1.71. The molecule has 25 heavy (non-hydrogen) atoms. The third-order valence-corrected chi connectivity index (χ3v) is 4.67. The van der Waals surface area contributed by atoms with Gasteiger partial charge in [-0.05, 0) is 58.0 Å². The van der Waals surface area contributed by atoms with Gasteiger partial charge in [-0.15, -0.1) is 0 Å². The number of furan rings is 1. The maximum Gasteiger partial charge on any atom is 0.417 e. The van der Waals surface area contributed by atoms with Crippen LogP contribution in [0.3, 0.4) is 0 Å². The van der Waals surface area contributed by atoms with Crippen molar-refractivity contribution in [1.82, 2.24) is 5.32 Å². The molecule has 1 fully saturated rings. The molecule has 2 heterocycles. The van der Waals surface area contributed by atoms with Crippen molar-refractivity contribution in [2.24, 2.45) is 4.99 Å². The highest BCUT2D eigenvalue weighted by molar-refractivity contribution is 9.10. The average molecular weight is 452 g/mol. The monoisotopic (exact) mass is 450 g/mol. The summed E-state index contributed by atoms with van der Waals surface area (Å²) in [5.41, 5.74) is -0.956. The van der Waals surface area contributed by atoms with Crippen molar-refractivity contribution in [3.8, 4) is 0 Å². The van der Waals surface area contributed by atoms with Crippen LogP contribution >= 0.6 is 39.3 Å². The van der Waals surface area contributed by atoms with Gasteiger partial charge in [0.15, 0.2) is 9.84 Å². The lowest BCUT2D eigenvalue weighted by molar-refractivity contribution is -0.137. The summed E-state index contributed by atoms with van der Waals surface area (Å²) < 4.78 is 44.4. The minimum Gasteiger partial charge on any atom is -0.450 e. The molecule has 4 nitrogen and oxygen atoms in total. The molecule has 0 aliphatic carbocycles. The second-order valence-corrected chi connectivity index (χ2v) is 7.00. The molecule has 0 atom stereocenters. The summed E-state index contributed by atoms with van der Waals surface area (Å²) in [6.45, 7) is 0. The van der Waals surface area contributed by atoms with E-state index < -0.39 is 22.7 Å². The summed E-state index contributed by atoms with van der Waals surface area (Å²) in [5.74, 6) is 0.0397. The van der Waals surface area contributed by atoms with Crippen LogP contribution in [0.4, 0.5) is 18.9 Å². The fourth-order valence-electron chi connectivity index (χ4n) is 1.93. The fraction of sp³-hybridized carbons (Fsp3) is 0.0667. The maximum absolute atomic E-state index is 12.9. The number of thioether (sulfide) groups is 1. The third-order valence-electron chi connectivity index (χ3n) is 3.00. The first-order valence-electron chi connectivity index (χ1n) is 6.64. The number of amidine groups is 1. The Morgan fingerprint density at radius 2 is 2.04 bits per heavy atom. The average Bonchev–Trinajstić information content (AvgIpc) is 3.06. The summed E-state index contributed by atoms with van der Waals surface area (Å²) >= 11 is 9.72. The maximum atomic E-state index is 12.9. The van der Waals surface area contributed by atoms with Crippen molar-refractivity contribution in [3.63, 3.8) is 0 Å². The van der Waals surface area contributed by atoms with Crippen molar-refractivity contribution in [2.45, 2.75) is 6.18 Å². The van der Waals surface area contributed by atoms with E-state index in [2.05, 4.69) is 26.2 Å². The first kappa shape index (κ1) is 18.1. The first-order chi connectivity index (χ1) is 11.7. The van der Waals surface area contributed by atoms with Crippen LogP contribution in [-0.2, 0) is 11.0 Å². The van der Waals surface area contributed by atoms with Crippen molar-refractivity contribution in [2.75, 3.05) is 0 Å². The second kappa shape index (κ2) is 6.89. The molecule has 2 aromatic rings. The molecule has 1 saturated heterocycles. The molecule has 1 aliphatic rings. The van der Waals surface area contributed by atoms with Crippen LogP contribution in [0.25, 0.3) is 6.08 Å². The molecule has 130 valence electrons. The van der Waals surface area contributed by atoms with Crippen molar-refractivity contribution >= 4 is 62.1 Å². The van der Waals surface area contributed by atoms with E-state index in [1.54, 1.807) is 12.1 Å². The van der Waals surface area contributed by atoms with Gasteiger partial charge in [-0.1, -0.05) is 11.6 Å². The summed E-state index contributed by atoms with van der Waals surface area (Å²) in [6, 6.07) is 6.61. The zero-order valence-electron chi connectivity index (χ0n) is 12.0. The van der Waals surface area contributed by atoms with E-state index in [0.29, 0.717) is 15.3 Å². The molecule has 3 rings (SSSR count). The molecule has 1 aromatic heterocycles. The molecule has 10 heteroatoms. The largest absolute Gasteiger partial charge is 0.450 e. The van der Waals surface area contributed by atoms with Crippen LogP contribution < -0.4 is 5.32 Å². The molecule has 1 amide bonds. The van der Waals surface area contributed by atoms with E-state index in [0.717, 1.165) is 23.9 Å². The predicted octanol–water partition coefficient (Wildman–Crippen LogP) is 5.61. The number of aliphatic imine (C=N–C) groups is 1. The zero-order chi connectivity index (χ0) is 18.2. The number of carbonyl (C=O) groups excluding carboxylic acids is 1. The van der Waals surface area contributed by atoms with Crippen molar-refractivity contribution < 1.29 is 22.4 Å². The number of alkyl halides is 3. The van der Waals surface area contributed by atoms with Crippen LogP contribution in [0.5, 0.6) is 0 Å². The molecule has 1 aliphatic heterocycles. The predicted molar refractivity (Wildman–Crippen MR) is 93.7 cm³/mol. The van der Waals surface area contributed by atoms with Crippen molar-refractivity contribution in [3.05, 3.63) is 56.3 Å². The number of nitrogens with one attached hydrogen (secondary N) is 1. The van der Waals surface area contributed by atoms with Gasteiger partial charge in [0.05, 0.1) is 21.2 Å². The van der Waals surface area contributed by atoms with E-state index in [1.807, 2.05) is 0 Å². The number of nitrogens with zero attached hydrogens (tertiary/aromatic N) is 1. The number of halogens is 5. The van der Waals surface area contributed by atoms with Gasteiger partial charge in [0.25, 0.3) is 5.91 Å². The molecule has 0 unspecified atom stereocenters. The number of amides is 1. The van der Waals surface area contributed by atoms with Gasteiger partial charge in [-0.25, -0.2) is 4.99 Å². The van der Waals surface area contributed by atoms with Crippen LogP contribution in [0.2, 0.25) is 5.02 Å². The van der Waals surface area contributed by atoms with Crippen LogP contribution in [0, 0.1) is 0 Å². The van der Waals surface area contributed by atoms with Crippen LogP contribution in [0.1, 0.15) is 11.3 Å². The summed E-state index contributed by atoms with van der Waals surface area (Å²) in [7, 11) is 0. The van der Waals surface area contributed by atoms with E-state index in [4.69, 9.17) is 16.0 Å². The van der Waals surface area contributed by atoms with Crippen molar-refractivity contribution in [1.29, 1.82) is 0 Å². The van der Waals surface area contributed by atoms with Gasteiger partial charge in [-0.3, -0.25) is 4.79 Å². The summed E-state index contributed by atoms with van der Waals surface area (Å²) in [5, 5.41) is 2.24. The molecular weight excluding hydrogens is 445 g/mol. The standard InChI is InChI=1S/C15H7BrClF3N2O2S/c16-12-4-2-8(24-12)6-11-13(23)22-14(25-11)21-7-1-3-10(17)9(5-7)15(18,19)20/h1-6H,(H,21,22,23). The second-order valence-electron chi connectivity index (χ2n) is 4.79. The number of benzene rings is 1. The quantitative estimate of drug-likeness (QED) is 0.604. The topological polar surface area (TPSA) is 54.6 Å². The Bertz CT molecular complexity index is 908. The zero-order valence-corrected chi connectivity index (χ0v) is 15.2. The van der Waals surface area contributed by atoms with E-state index in [1.165, 1.54) is 12.1 Å². The lowest BCUT2D eigenvalue weighted by Gasteiger charge is -2.09.